The molecule has 7 nitrogen and oxygen atoms in total. The van der Waals surface area contributed by atoms with Crippen LogP contribution < -0.4 is 5.73 Å². The van der Waals surface area contributed by atoms with E-state index < -0.39 is 16.2 Å². The maximum atomic E-state index is 12.9. The highest BCUT2D eigenvalue weighted by atomic mass is 32.2. The van der Waals surface area contributed by atoms with Crippen LogP contribution in [0, 0.1) is 16.2 Å². The van der Waals surface area contributed by atoms with Gasteiger partial charge < -0.3 is 19.9 Å². The first-order valence-corrected chi connectivity index (χ1v) is 10.7. The Hall–Kier alpha value is -1.28. The van der Waals surface area contributed by atoms with E-state index in [1.165, 1.54) is 18.9 Å². The molecule has 0 aromatic rings. The number of hydrogen-bond acceptors (Lipinski definition) is 8. The van der Waals surface area contributed by atoms with Crippen molar-refractivity contribution >= 4 is 29.7 Å². The van der Waals surface area contributed by atoms with Crippen molar-refractivity contribution < 1.29 is 28.6 Å². The van der Waals surface area contributed by atoms with Crippen molar-refractivity contribution in [3.05, 3.63) is 0 Å². The molecule has 0 saturated heterocycles. The zero-order chi connectivity index (χ0) is 22.0. The SMILES string of the molecule is CCOC(=O)C(C)(C)CC(C)(C)C(C)(CSCCC(=O)OC)C(=O)OCCN. The van der Waals surface area contributed by atoms with Crippen molar-refractivity contribution in [2.45, 2.75) is 54.4 Å². The number of nitrogens with two attached hydrogens (primary N) is 1. The van der Waals surface area contributed by atoms with E-state index in [1.54, 1.807) is 6.92 Å². The van der Waals surface area contributed by atoms with Crippen molar-refractivity contribution in [3.63, 3.8) is 0 Å². The Morgan fingerprint density at radius 1 is 1.00 bits per heavy atom. The number of hydrogen-bond donors (Lipinski definition) is 1. The summed E-state index contributed by atoms with van der Waals surface area (Å²) in [5.74, 6) is 0.0400. The molecule has 0 spiro atoms. The second-order valence-electron chi connectivity index (χ2n) is 8.30. The third kappa shape index (κ3) is 7.62. The zero-order valence-electron chi connectivity index (χ0n) is 18.4. The van der Waals surface area contributed by atoms with Crippen molar-refractivity contribution in [2.75, 3.05) is 38.4 Å². The van der Waals surface area contributed by atoms with Crippen LogP contribution in [0.4, 0.5) is 0 Å². The van der Waals surface area contributed by atoms with Crippen molar-refractivity contribution in [1.29, 1.82) is 0 Å². The van der Waals surface area contributed by atoms with Gasteiger partial charge in [0, 0.05) is 18.1 Å². The average Bonchev–Trinajstić information content (AvgIpc) is 2.61. The summed E-state index contributed by atoms with van der Waals surface area (Å²) in [4.78, 5) is 36.6. The van der Waals surface area contributed by atoms with Gasteiger partial charge in [0.25, 0.3) is 0 Å². The van der Waals surface area contributed by atoms with E-state index in [9.17, 15) is 14.4 Å². The van der Waals surface area contributed by atoms with E-state index in [0.717, 1.165) is 0 Å². The second-order valence-corrected chi connectivity index (χ2v) is 9.41. The van der Waals surface area contributed by atoms with Gasteiger partial charge in [0.05, 0.1) is 31.0 Å². The van der Waals surface area contributed by atoms with Gasteiger partial charge in [-0.1, -0.05) is 13.8 Å². The molecule has 0 aromatic carbocycles. The molecular formula is C20H37NO6S. The van der Waals surface area contributed by atoms with Crippen LogP contribution in [-0.4, -0.2) is 56.3 Å². The Morgan fingerprint density at radius 3 is 2.11 bits per heavy atom. The first-order chi connectivity index (χ1) is 12.9. The molecular weight excluding hydrogens is 382 g/mol. The summed E-state index contributed by atoms with van der Waals surface area (Å²) in [6, 6.07) is 0. The maximum Gasteiger partial charge on any atom is 0.313 e. The summed E-state index contributed by atoms with van der Waals surface area (Å²) in [7, 11) is 1.35. The molecule has 0 aliphatic heterocycles. The third-order valence-electron chi connectivity index (χ3n) is 5.08. The number of rotatable bonds is 13. The van der Waals surface area contributed by atoms with Crippen LogP contribution in [0.1, 0.15) is 54.4 Å². The fraction of sp³-hybridized carbons (Fsp3) is 0.850. The maximum absolute atomic E-state index is 12.9. The molecule has 0 bridgehead atoms. The van der Waals surface area contributed by atoms with Crippen LogP contribution in [0.25, 0.3) is 0 Å². The molecule has 28 heavy (non-hydrogen) atoms. The Balaban J connectivity index is 5.46. The van der Waals surface area contributed by atoms with Crippen LogP contribution in [0.5, 0.6) is 0 Å². The number of esters is 3. The molecule has 2 N–H and O–H groups in total. The third-order valence-corrected chi connectivity index (χ3v) is 6.35. The Bertz CT molecular complexity index is 535. The molecule has 0 heterocycles. The number of methoxy groups -OCH3 is 1. The Morgan fingerprint density at radius 2 is 1.61 bits per heavy atom. The topological polar surface area (TPSA) is 105 Å². The number of ether oxygens (including phenoxy) is 3. The minimum absolute atomic E-state index is 0.137. The lowest BCUT2D eigenvalue weighted by atomic mass is 9.61. The van der Waals surface area contributed by atoms with Gasteiger partial charge in [-0.3, -0.25) is 14.4 Å². The summed E-state index contributed by atoms with van der Waals surface area (Å²) in [5.41, 5.74) is 3.26. The van der Waals surface area contributed by atoms with E-state index in [4.69, 9.17) is 15.2 Å². The molecule has 0 saturated carbocycles. The van der Waals surface area contributed by atoms with Crippen molar-refractivity contribution in [2.24, 2.45) is 22.0 Å². The molecule has 1 unspecified atom stereocenters. The van der Waals surface area contributed by atoms with E-state index in [2.05, 4.69) is 4.74 Å². The van der Waals surface area contributed by atoms with Gasteiger partial charge in [0.2, 0.25) is 0 Å². The first kappa shape index (κ1) is 26.7. The lowest BCUT2D eigenvalue weighted by Gasteiger charge is -2.45. The molecule has 0 aliphatic carbocycles. The minimum atomic E-state index is -0.882. The molecule has 1 atom stereocenters. The normalized spacial score (nSPS) is 14.1. The monoisotopic (exact) mass is 419 g/mol. The highest BCUT2D eigenvalue weighted by Gasteiger charge is 2.51. The van der Waals surface area contributed by atoms with Gasteiger partial charge in [0.1, 0.15) is 6.61 Å². The van der Waals surface area contributed by atoms with E-state index in [-0.39, 0.29) is 37.5 Å². The predicted octanol–water partition coefficient (Wildman–Crippen LogP) is 2.80. The van der Waals surface area contributed by atoms with Gasteiger partial charge in [-0.25, -0.2) is 0 Å². The molecule has 0 rings (SSSR count). The number of thioether (sulfide) groups is 1. The number of carbonyl (C=O) groups is 3. The lowest BCUT2D eigenvalue weighted by molar-refractivity contribution is -0.166. The van der Waals surface area contributed by atoms with E-state index in [1.807, 2.05) is 34.6 Å². The Kier molecular flexibility index (Phi) is 11.1. The standard InChI is InChI=1S/C20H37NO6S/c1-8-26-16(23)18(2,3)13-19(4,5)20(6,17(24)27-11-10-21)14-28-12-9-15(22)25-7/h8-14,21H2,1-7H3. The van der Waals surface area contributed by atoms with E-state index >= 15 is 0 Å². The Labute approximate surface area is 173 Å². The summed E-state index contributed by atoms with van der Waals surface area (Å²) < 4.78 is 15.2. The van der Waals surface area contributed by atoms with Crippen molar-refractivity contribution in [1.82, 2.24) is 0 Å². The molecule has 0 radical (unpaired) electrons. The average molecular weight is 420 g/mol. The smallest absolute Gasteiger partial charge is 0.313 e. The lowest BCUT2D eigenvalue weighted by Crippen LogP contribution is -2.49. The van der Waals surface area contributed by atoms with Crippen molar-refractivity contribution in [3.8, 4) is 0 Å². The van der Waals surface area contributed by atoms with Crippen LogP contribution in [-0.2, 0) is 28.6 Å². The van der Waals surface area contributed by atoms with Crippen LogP contribution in [0.3, 0.4) is 0 Å². The van der Waals surface area contributed by atoms with Gasteiger partial charge in [-0.15, -0.1) is 0 Å². The first-order valence-electron chi connectivity index (χ1n) is 9.57. The minimum Gasteiger partial charge on any atom is -0.469 e. The summed E-state index contributed by atoms with van der Waals surface area (Å²) in [6.07, 6.45) is 0.703. The fourth-order valence-electron chi connectivity index (χ4n) is 3.07. The molecule has 164 valence electrons. The predicted molar refractivity (Wildman–Crippen MR) is 111 cm³/mol. The van der Waals surface area contributed by atoms with Gasteiger partial charge in [-0.2, -0.15) is 11.8 Å². The van der Waals surface area contributed by atoms with Crippen LogP contribution in [0.2, 0.25) is 0 Å². The second kappa shape index (κ2) is 11.7. The van der Waals surface area contributed by atoms with Crippen LogP contribution in [0.15, 0.2) is 0 Å². The van der Waals surface area contributed by atoms with Gasteiger partial charge >= 0.3 is 17.9 Å². The van der Waals surface area contributed by atoms with Gasteiger partial charge in [0.15, 0.2) is 0 Å². The quantitative estimate of drug-likeness (QED) is 0.276. The summed E-state index contributed by atoms with van der Waals surface area (Å²) in [6.45, 7) is 11.9. The molecule has 0 aromatic heterocycles. The molecule has 0 fully saturated rings. The number of carbonyl (C=O) groups excluding carboxylic acids is 3. The molecule has 0 amide bonds. The van der Waals surface area contributed by atoms with E-state index in [0.29, 0.717) is 24.5 Å². The summed E-state index contributed by atoms with van der Waals surface area (Å²) >= 11 is 1.49. The highest BCUT2D eigenvalue weighted by molar-refractivity contribution is 7.99. The largest absolute Gasteiger partial charge is 0.469 e. The zero-order valence-corrected chi connectivity index (χ0v) is 19.2. The summed E-state index contributed by atoms with van der Waals surface area (Å²) in [5, 5.41) is 0. The highest BCUT2D eigenvalue weighted by Crippen LogP contribution is 2.49. The van der Waals surface area contributed by atoms with Crippen LogP contribution >= 0.6 is 11.8 Å². The molecule has 8 heteroatoms. The fourth-order valence-corrected chi connectivity index (χ4v) is 4.45. The van der Waals surface area contributed by atoms with Gasteiger partial charge in [-0.05, 0) is 39.5 Å². The molecule has 0 aliphatic rings.